The Bertz CT molecular complexity index is 283. The van der Waals surface area contributed by atoms with E-state index in [9.17, 15) is 0 Å². The van der Waals surface area contributed by atoms with Crippen LogP contribution in [-0.2, 0) is 6.42 Å². The summed E-state index contributed by atoms with van der Waals surface area (Å²) in [4.78, 5) is 0.508. The van der Waals surface area contributed by atoms with Crippen LogP contribution >= 0.6 is 15.9 Å². The van der Waals surface area contributed by atoms with Crippen LogP contribution in [0.3, 0.4) is 0 Å². The first-order chi connectivity index (χ1) is 5.33. The average Bonchev–Trinajstić information content (AvgIpc) is 2.01. The standard InChI is InChI=1S/C9H9BrO/c1-11-8-4-2-3-6-5-7(10)9(6)8/h2-4,7H,5H2,1H3. The van der Waals surface area contributed by atoms with Gasteiger partial charge in [0, 0.05) is 10.4 Å². The number of hydrogen-bond donors (Lipinski definition) is 0. The molecule has 0 fully saturated rings. The smallest absolute Gasteiger partial charge is 0.123 e. The van der Waals surface area contributed by atoms with Crippen molar-refractivity contribution in [3.8, 4) is 5.75 Å². The van der Waals surface area contributed by atoms with Crippen LogP contribution in [0, 0.1) is 0 Å². The second-order valence-electron chi connectivity index (χ2n) is 2.70. The van der Waals surface area contributed by atoms with Crippen molar-refractivity contribution >= 4 is 15.9 Å². The normalized spacial score (nSPS) is 20.4. The van der Waals surface area contributed by atoms with Crippen LogP contribution in [0.25, 0.3) is 0 Å². The fraction of sp³-hybridized carbons (Fsp3) is 0.333. The third-order valence-electron chi connectivity index (χ3n) is 2.09. The minimum Gasteiger partial charge on any atom is -0.496 e. The van der Waals surface area contributed by atoms with Gasteiger partial charge in [-0.2, -0.15) is 0 Å². The first-order valence-electron chi connectivity index (χ1n) is 3.63. The summed E-state index contributed by atoms with van der Waals surface area (Å²) in [5, 5.41) is 0. The zero-order valence-corrected chi connectivity index (χ0v) is 7.89. The fourth-order valence-corrected chi connectivity index (χ4v) is 2.33. The highest BCUT2D eigenvalue weighted by atomic mass is 79.9. The summed E-state index contributed by atoms with van der Waals surface area (Å²) in [5.41, 5.74) is 2.74. The molecule has 1 aliphatic carbocycles. The van der Waals surface area contributed by atoms with Crippen molar-refractivity contribution in [1.82, 2.24) is 0 Å². The van der Waals surface area contributed by atoms with Gasteiger partial charge in [0.1, 0.15) is 5.75 Å². The lowest BCUT2D eigenvalue weighted by Gasteiger charge is -2.27. The quantitative estimate of drug-likeness (QED) is 0.651. The van der Waals surface area contributed by atoms with Crippen LogP contribution in [0.2, 0.25) is 0 Å². The van der Waals surface area contributed by atoms with Crippen LogP contribution in [-0.4, -0.2) is 7.11 Å². The molecule has 0 bridgehead atoms. The van der Waals surface area contributed by atoms with E-state index in [1.165, 1.54) is 11.1 Å². The van der Waals surface area contributed by atoms with Gasteiger partial charge in [-0.1, -0.05) is 28.1 Å². The van der Waals surface area contributed by atoms with Gasteiger partial charge < -0.3 is 4.74 Å². The van der Waals surface area contributed by atoms with E-state index in [0.717, 1.165) is 12.2 Å². The van der Waals surface area contributed by atoms with Gasteiger partial charge in [-0.25, -0.2) is 0 Å². The molecule has 1 aromatic carbocycles. The molecule has 58 valence electrons. The first-order valence-corrected chi connectivity index (χ1v) is 4.54. The van der Waals surface area contributed by atoms with Crippen molar-refractivity contribution in [3.63, 3.8) is 0 Å². The Hall–Kier alpha value is -0.500. The van der Waals surface area contributed by atoms with Gasteiger partial charge in [-0.3, -0.25) is 0 Å². The Labute approximate surface area is 74.5 Å². The van der Waals surface area contributed by atoms with Crippen LogP contribution in [0.1, 0.15) is 16.0 Å². The summed E-state index contributed by atoms with van der Waals surface area (Å²) in [6, 6.07) is 6.19. The minimum atomic E-state index is 0.508. The molecule has 0 saturated carbocycles. The molecular formula is C9H9BrO. The predicted octanol–water partition coefficient (Wildman–Crippen LogP) is 2.69. The van der Waals surface area contributed by atoms with Crippen molar-refractivity contribution in [2.45, 2.75) is 11.2 Å². The van der Waals surface area contributed by atoms with Gasteiger partial charge >= 0.3 is 0 Å². The number of benzene rings is 1. The van der Waals surface area contributed by atoms with E-state index in [2.05, 4.69) is 22.0 Å². The SMILES string of the molecule is COc1cccc2c1C(Br)C2. The van der Waals surface area contributed by atoms with E-state index in [4.69, 9.17) is 4.74 Å². The van der Waals surface area contributed by atoms with Crippen molar-refractivity contribution < 1.29 is 4.74 Å². The maximum absolute atomic E-state index is 5.22. The summed E-state index contributed by atoms with van der Waals surface area (Å²) >= 11 is 3.57. The van der Waals surface area contributed by atoms with Gasteiger partial charge in [0.15, 0.2) is 0 Å². The second kappa shape index (κ2) is 2.52. The van der Waals surface area contributed by atoms with Crippen molar-refractivity contribution in [2.24, 2.45) is 0 Å². The molecule has 0 saturated heterocycles. The van der Waals surface area contributed by atoms with Crippen molar-refractivity contribution in [3.05, 3.63) is 29.3 Å². The highest BCUT2D eigenvalue weighted by Crippen LogP contribution is 2.44. The molecule has 0 aliphatic heterocycles. The summed E-state index contributed by atoms with van der Waals surface area (Å²) in [6.45, 7) is 0. The van der Waals surface area contributed by atoms with Gasteiger partial charge in [0.05, 0.1) is 7.11 Å². The second-order valence-corrected chi connectivity index (χ2v) is 3.81. The summed E-state index contributed by atoms with van der Waals surface area (Å²) in [6.07, 6.45) is 1.13. The molecule has 1 aromatic rings. The zero-order chi connectivity index (χ0) is 7.84. The van der Waals surface area contributed by atoms with E-state index in [-0.39, 0.29) is 0 Å². The van der Waals surface area contributed by atoms with Gasteiger partial charge in [0.25, 0.3) is 0 Å². The number of ether oxygens (including phenoxy) is 1. The average molecular weight is 213 g/mol. The van der Waals surface area contributed by atoms with Gasteiger partial charge in [-0.15, -0.1) is 0 Å². The Morgan fingerprint density at radius 2 is 2.36 bits per heavy atom. The summed E-state index contributed by atoms with van der Waals surface area (Å²) < 4.78 is 5.22. The summed E-state index contributed by atoms with van der Waals surface area (Å²) in [7, 11) is 1.72. The van der Waals surface area contributed by atoms with Crippen LogP contribution in [0.4, 0.5) is 0 Å². The van der Waals surface area contributed by atoms with Crippen LogP contribution in [0.15, 0.2) is 18.2 Å². The molecule has 11 heavy (non-hydrogen) atoms. The fourth-order valence-electron chi connectivity index (χ4n) is 1.47. The van der Waals surface area contributed by atoms with Gasteiger partial charge in [0.2, 0.25) is 0 Å². The number of hydrogen-bond acceptors (Lipinski definition) is 1. The van der Waals surface area contributed by atoms with E-state index in [1.807, 2.05) is 12.1 Å². The highest BCUT2D eigenvalue weighted by Gasteiger charge is 2.26. The van der Waals surface area contributed by atoms with Crippen molar-refractivity contribution in [2.75, 3.05) is 7.11 Å². The topological polar surface area (TPSA) is 9.23 Å². The monoisotopic (exact) mass is 212 g/mol. The first kappa shape index (κ1) is 7.17. The van der Waals surface area contributed by atoms with E-state index >= 15 is 0 Å². The van der Waals surface area contributed by atoms with Crippen molar-refractivity contribution in [1.29, 1.82) is 0 Å². The molecule has 0 spiro atoms. The van der Waals surface area contributed by atoms with E-state index in [1.54, 1.807) is 7.11 Å². The Morgan fingerprint density at radius 3 is 2.91 bits per heavy atom. The Kier molecular flexibility index (Phi) is 1.64. The molecule has 0 N–H and O–H groups in total. The number of rotatable bonds is 1. The summed E-state index contributed by atoms with van der Waals surface area (Å²) in [5.74, 6) is 1.01. The van der Waals surface area contributed by atoms with E-state index in [0.29, 0.717) is 4.83 Å². The molecule has 2 heteroatoms. The maximum Gasteiger partial charge on any atom is 0.123 e. The van der Waals surface area contributed by atoms with Crippen LogP contribution < -0.4 is 4.74 Å². The molecule has 0 aromatic heterocycles. The van der Waals surface area contributed by atoms with E-state index < -0.39 is 0 Å². The third-order valence-corrected chi connectivity index (χ3v) is 2.87. The molecule has 1 atom stereocenters. The number of halogens is 1. The van der Waals surface area contributed by atoms with Gasteiger partial charge in [-0.05, 0) is 18.1 Å². The zero-order valence-electron chi connectivity index (χ0n) is 6.30. The predicted molar refractivity (Wildman–Crippen MR) is 48.4 cm³/mol. The minimum absolute atomic E-state index is 0.508. The molecule has 1 unspecified atom stereocenters. The number of fused-ring (bicyclic) bond motifs is 1. The number of alkyl halides is 1. The number of methoxy groups -OCH3 is 1. The highest BCUT2D eigenvalue weighted by molar-refractivity contribution is 9.09. The molecule has 1 aliphatic rings. The van der Waals surface area contributed by atoms with Crippen LogP contribution in [0.5, 0.6) is 5.75 Å². The Balaban J connectivity index is 2.50. The molecule has 0 radical (unpaired) electrons. The molecule has 2 rings (SSSR count). The molecule has 0 amide bonds. The molecular weight excluding hydrogens is 204 g/mol. The molecule has 0 heterocycles. The lowest BCUT2D eigenvalue weighted by atomic mass is 9.88. The lowest BCUT2D eigenvalue weighted by molar-refractivity contribution is 0.405. The largest absolute Gasteiger partial charge is 0.496 e. The third kappa shape index (κ3) is 0.968. The molecule has 1 nitrogen and oxygen atoms in total. The Morgan fingerprint density at radius 1 is 1.55 bits per heavy atom. The lowest BCUT2D eigenvalue weighted by Crippen LogP contribution is -2.12. The maximum atomic E-state index is 5.22.